The van der Waals surface area contributed by atoms with Crippen LogP contribution in [-0.2, 0) is 6.42 Å². The number of pyridine rings is 1. The molecule has 3 nitrogen and oxygen atoms in total. The molecule has 18 heavy (non-hydrogen) atoms. The van der Waals surface area contributed by atoms with Crippen LogP contribution in [0.15, 0.2) is 22.8 Å². The van der Waals surface area contributed by atoms with Gasteiger partial charge in [-0.15, -0.1) is 0 Å². The van der Waals surface area contributed by atoms with Gasteiger partial charge in [-0.05, 0) is 46.8 Å². The smallest absolute Gasteiger partial charge is 0.0420 e. The highest BCUT2D eigenvalue weighted by Gasteiger charge is 2.22. The van der Waals surface area contributed by atoms with Crippen LogP contribution in [-0.4, -0.2) is 11.0 Å². The van der Waals surface area contributed by atoms with Crippen LogP contribution in [0.4, 0.5) is 0 Å². The second-order valence-electron chi connectivity index (χ2n) is 5.20. The molecule has 100 valence electrons. The van der Waals surface area contributed by atoms with Gasteiger partial charge in [0.25, 0.3) is 0 Å². The summed E-state index contributed by atoms with van der Waals surface area (Å²) in [5.74, 6) is 6.44. The lowest BCUT2D eigenvalue weighted by molar-refractivity contribution is 0.319. The summed E-state index contributed by atoms with van der Waals surface area (Å²) in [6.07, 6.45) is 10.8. The Balaban J connectivity index is 1.97. The molecule has 0 amide bonds. The summed E-state index contributed by atoms with van der Waals surface area (Å²) in [7, 11) is 0. The minimum Gasteiger partial charge on any atom is -0.271 e. The fourth-order valence-electron chi connectivity index (χ4n) is 2.83. The van der Waals surface area contributed by atoms with E-state index in [0.717, 1.165) is 16.6 Å². The average molecular weight is 312 g/mol. The van der Waals surface area contributed by atoms with Crippen LogP contribution in [0.25, 0.3) is 0 Å². The topological polar surface area (TPSA) is 50.9 Å². The van der Waals surface area contributed by atoms with Gasteiger partial charge in [-0.25, -0.2) is 0 Å². The Morgan fingerprint density at radius 2 is 2.00 bits per heavy atom. The van der Waals surface area contributed by atoms with E-state index < -0.39 is 0 Å². The summed E-state index contributed by atoms with van der Waals surface area (Å²) in [4.78, 5) is 4.44. The molecule has 1 fully saturated rings. The van der Waals surface area contributed by atoms with Crippen molar-refractivity contribution in [1.82, 2.24) is 10.4 Å². The molecule has 1 aromatic rings. The van der Waals surface area contributed by atoms with Crippen molar-refractivity contribution in [2.75, 3.05) is 0 Å². The molecule has 0 radical (unpaired) electrons. The summed E-state index contributed by atoms with van der Waals surface area (Å²) in [5.41, 5.74) is 4.13. The number of aromatic nitrogens is 1. The number of halogens is 1. The van der Waals surface area contributed by atoms with E-state index in [0.29, 0.717) is 12.0 Å². The molecular formula is C14H22BrN3. The standard InChI is InChI=1S/C14H22BrN3/c15-12-7-8-13(17-10-12)9-14(18-16)11-5-3-1-2-4-6-11/h7-8,10-11,14,18H,1-6,9,16H2. The molecule has 1 aliphatic rings. The van der Waals surface area contributed by atoms with Crippen molar-refractivity contribution in [3.05, 3.63) is 28.5 Å². The molecule has 1 heterocycles. The van der Waals surface area contributed by atoms with Crippen LogP contribution in [0.2, 0.25) is 0 Å². The molecule has 1 unspecified atom stereocenters. The number of hydrogen-bond acceptors (Lipinski definition) is 3. The highest BCUT2D eigenvalue weighted by atomic mass is 79.9. The first-order valence-electron chi connectivity index (χ1n) is 6.86. The lowest BCUT2D eigenvalue weighted by Crippen LogP contribution is -2.42. The lowest BCUT2D eigenvalue weighted by atomic mass is 9.89. The van der Waals surface area contributed by atoms with Crippen molar-refractivity contribution >= 4 is 15.9 Å². The van der Waals surface area contributed by atoms with Crippen LogP contribution < -0.4 is 11.3 Å². The van der Waals surface area contributed by atoms with Gasteiger partial charge in [0, 0.05) is 28.8 Å². The van der Waals surface area contributed by atoms with Gasteiger partial charge >= 0.3 is 0 Å². The van der Waals surface area contributed by atoms with Crippen LogP contribution in [0.1, 0.15) is 44.2 Å². The molecule has 0 aliphatic heterocycles. The quantitative estimate of drug-likeness (QED) is 0.510. The van der Waals surface area contributed by atoms with Gasteiger partial charge in [0.15, 0.2) is 0 Å². The van der Waals surface area contributed by atoms with E-state index in [-0.39, 0.29) is 0 Å². The average Bonchev–Trinajstić information content (AvgIpc) is 2.67. The Morgan fingerprint density at radius 3 is 2.56 bits per heavy atom. The fraction of sp³-hybridized carbons (Fsp3) is 0.643. The summed E-state index contributed by atoms with van der Waals surface area (Å²) in [6, 6.07) is 4.48. The molecule has 1 aromatic heterocycles. The van der Waals surface area contributed by atoms with Crippen molar-refractivity contribution in [2.24, 2.45) is 11.8 Å². The molecule has 0 bridgehead atoms. The SMILES string of the molecule is NNC(Cc1ccc(Br)cn1)C1CCCCCC1. The van der Waals surface area contributed by atoms with Gasteiger partial charge in [-0.1, -0.05) is 25.7 Å². The zero-order valence-corrected chi connectivity index (χ0v) is 12.3. The number of nitrogens with one attached hydrogen (secondary N) is 1. The first-order chi connectivity index (χ1) is 8.79. The van der Waals surface area contributed by atoms with Crippen LogP contribution in [0.3, 0.4) is 0 Å². The maximum absolute atomic E-state index is 5.75. The van der Waals surface area contributed by atoms with E-state index in [1.54, 1.807) is 0 Å². The second-order valence-corrected chi connectivity index (χ2v) is 6.11. The van der Waals surface area contributed by atoms with Crippen molar-refractivity contribution in [3.8, 4) is 0 Å². The highest BCUT2D eigenvalue weighted by Crippen LogP contribution is 2.26. The number of nitrogens with two attached hydrogens (primary N) is 1. The van der Waals surface area contributed by atoms with Crippen molar-refractivity contribution < 1.29 is 0 Å². The lowest BCUT2D eigenvalue weighted by Gasteiger charge is -2.25. The largest absolute Gasteiger partial charge is 0.271 e. The van der Waals surface area contributed by atoms with Crippen LogP contribution in [0.5, 0.6) is 0 Å². The third kappa shape index (κ3) is 4.04. The Bertz CT molecular complexity index is 345. The maximum Gasteiger partial charge on any atom is 0.0420 e. The third-order valence-electron chi connectivity index (χ3n) is 3.90. The molecular weight excluding hydrogens is 290 g/mol. The van der Waals surface area contributed by atoms with Gasteiger partial charge in [0.1, 0.15) is 0 Å². The van der Waals surface area contributed by atoms with Gasteiger partial charge < -0.3 is 0 Å². The molecule has 1 aliphatic carbocycles. The molecule has 3 N–H and O–H groups in total. The van der Waals surface area contributed by atoms with E-state index in [4.69, 9.17) is 5.84 Å². The zero-order chi connectivity index (χ0) is 12.8. The molecule has 0 saturated heterocycles. The molecule has 0 aromatic carbocycles. The van der Waals surface area contributed by atoms with E-state index >= 15 is 0 Å². The molecule has 0 spiro atoms. The van der Waals surface area contributed by atoms with Crippen molar-refractivity contribution in [2.45, 2.75) is 51.0 Å². The Labute approximate surface area is 118 Å². The predicted molar refractivity (Wildman–Crippen MR) is 77.9 cm³/mol. The van der Waals surface area contributed by atoms with Crippen LogP contribution in [0, 0.1) is 5.92 Å². The van der Waals surface area contributed by atoms with E-state index in [1.165, 1.54) is 38.5 Å². The molecule has 4 heteroatoms. The minimum atomic E-state index is 0.358. The van der Waals surface area contributed by atoms with Crippen molar-refractivity contribution in [3.63, 3.8) is 0 Å². The van der Waals surface area contributed by atoms with Gasteiger partial charge in [-0.3, -0.25) is 16.3 Å². The Hall–Kier alpha value is -0.450. The zero-order valence-electron chi connectivity index (χ0n) is 10.7. The fourth-order valence-corrected chi connectivity index (χ4v) is 3.06. The molecule has 2 rings (SSSR count). The first-order valence-corrected chi connectivity index (χ1v) is 7.65. The van der Waals surface area contributed by atoms with Gasteiger partial charge in [0.05, 0.1) is 0 Å². The first kappa shape index (κ1) is 14.0. The Morgan fingerprint density at radius 1 is 1.28 bits per heavy atom. The maximum atomic E-state index is 5.75. The summed E-state index contributed by atoms with van der Waals surface area (Å²) in [6.45, 7) is 0. The summed E-state index contributed by atoms with van der Waals surface area (Å²) >= 11 is 3.41. The van der Waals surface area contributed by atoms with Crippen molar-refractivity contribution in [1.29, 1.82) is 0 Å². The molecule has 1 atom stereocenters. The van der Waals surface area contributed by atoms with Crippen LogP contribution >= 0.6 is 15.9 Å². The third-order valence-corrected chi connectivity index (χ3v) is 4.37. The van der Waals surface area contributed by atoms with E-state index in [2.05, 4.69) is 32.4 Å². The molecule has 1 saturated carbocycles. The minimum absolute atomic E-state index is 0.358. The number of rotatable bonds is 4. The summed E-state index contributed by atoms with van der Waals surface area (Å²) in [5, 5.41) is 0. The predicted octanol–water partition coefficient (Wildman–Crippen LogP) is 3.19. The van der Waals surface area contributed by atoms with E-state index in [1.807, 2.05) is 12.3 Å². The van der Waals surface area contributed by atoms with E-state index in [9.17, 15) is 0 Å². The Kier molecular flexibility index (Phi) is 5.60. The number of nitrogens with zero attached hydrogens (tertiary/aromatic N) is 1. The monoisotopic (exact) mass is 311 g/mol. The van der Waals surface area contributed by atoms with Gasteiger partial charge in [0.2, 0.25) is 0 Å². The normalized spacial score (nSPS) is 19.4. The number of hydrazine groups is 1. The number of hydrogen-bond donors (Lipinski definition) is 2. The highest BCUT2D eigenvalue weighted by molar-refractivity contribution is 9.10. The summed E-state index contributed by atoms with van der Waals surface area (Å²) < 4.78 is 1.03. The van der Waals surface area contributed by atoms with Gasteiger partial charge in [-0.2, -0.15) is 0 Å². The second kappa shape index (κ2) is 7.22.